The summed E-state index contributed by atoms with van der Waals surface area (Å²) >= 11 is 0. The second kappa shape index (κ2) is 6.36. The van der Waals surface area contributed by atoms with Crippen LogP contribution in [0.2, 0.25) is 0 Å². The number of ether oxygens (including phenoxy) is 1. The summed E-state index contributed by atoms with van der Waals surface area (Å²) in [5, 5.41) is 16.8. The van der Waals surface area contributed by atoms with E-state index in [9.17, 15) is 0 Å². The Bertz CT molecular complexity index is 897. The van der Waals surface area contributed by atoms with Gasteiger partial charge in [0.15, 0.2) is 11.5 Å². The van der Waals surface area contributed by atoms with Crippen LogP contribution in [0.5, 0.6) is 0 Å². The van der Waals surface area contributed by atoms with Gasteiger partial charge in [-0.1, -0.05) is 36.8 Å². The molecule has 0 bridgehead atoms. The number of aromatic nitrogens is 4. The molecule has 6 heteroatoms. The maximum Gasteiger partial charge on any atom is 0.183 e. The number of fused-ring (bicyclic) bond motifs is 1. The molecule has 1 aromatic carbocycles. The van der Waals surface area contributed by atoms with E-state index in [1.165, 1.54) is 24.8 Å². The third-order valence-electron chi connectivity index (χ3n) is 5.81. The van der Waals surface area contributed by atoms with E-state index in [1.807, 2.05) is 16.6 Å². The molecule has 6 nitrogen and oxygen atoms in total. The second-order valence-corrected chi connectivity index (χ2v) is 7.40. The van der Waals surface area contributed by atoms with Crippen molar-refractivity contribution in [1.82, 2.24) is 19.8 Å². The Balaban J connectivity index is 1.38. The lowest BCUT2D eigenvalue weighted by Crippen LogP contribution is -2.41. The first-order valence-corrected chi connectivity index (χ1v) is 9.47. The summed E-state index contributed by atoms with van der Waals surface area (Å²) < 4.78 is 7.59. The van der Waals surface area contributed by atoms with Gasteiger partial charge in [0.25, 0.3) is 0 Å². The molecule has 1 saturated heterocycles. The molecule has 2 aliphatic rings. The highest BCUT2D eigenvalue weighted by Gasteiger charge is 2.38. The summed E-state index contributed by atoms with van der Waals surface area (Å²) in [5.74, 6) is 1.67. The molecular formula is C20H23N5O. The Kier molecular flexibility index (Phi) is 3.85. The summed E-state index contributed by atoms with van der Waals surface area (Å²) in [6, 6.07) is 14.8. The molecule has 26 heavy (non-hydrogen) atoms. The first-order chi connectivity index (χ1) is 12.8. The molecule has 0 spiro atoms. The van der Waals surface area contributed by atoms with Gasteiger partial charge in [-0.05, 0) is 43.4 Å². The van der Waals surface area contributed by atoms with Crippen molar-refractivity contribution in [3.05, 3.63) is 53.9 Å². The second-order valence-electron chi connectivity index (χ2n) is 7.40. The molecule has 5 rings (SSSR count). The molecule has 1 atom stereocenters. The minimum absolute atomic E-state index is 0.00930. The topological polar surface area (TPSA) is 64.3 Å². The maximum atomic E-state index is 5.76. The average Bonchev–Trinajstić information content (AvgIpc) is 3.31. The van der Waals surface area contributed by atoms with Crippen LogP contribution >= 0.6 is 0 Å². The molecule has 2 aromatic heterocycles. The molecule has 1 saturated carbocycles. The Morgan fingerprint density at radius 2 is 1.96 bits per heavy atom. The van der Waals surface area contributed by atoms with Crippen LogP contribution in [0.1, 0.15) is 49.6 Å². The molecular weight excluding hydrogens is 326 g/mol. The zero-order valence-electron chi connectivity index (χ0n) is 14.8. The van der Waals surface area contributed by atoms with E-state index in [2.05, 4.69) is 45.8 Å². The molecule has 0 amide bonds. The Morgan fingerprint density at radius 3 is 2.69 bits per heavy atom. The fourth-order valence-corrected chi connectivity index (χ4v) is 4.10. The van der Waals surface area contributed by atoms with Gasteiger partial charge >= 0.3 is 0 Å². The van der Waals surface area contributed by atoms with Gasteiger partial charge in [-0.2, -0.15) is 4.52 Å². The molecule has 1 aliphatic carbocycles. The Labute approximate surface area is 152 Å². The number of benzene rings is 1. The third kappa shape index (κ3) is 2.65. The Morgan fingerprint density at radius 1 is 1.08 bits per heavy atom. The van der Waals surface area contributed by atoms with Gasteiger partial charge in [-0.25, -0.2) is 0 Å². The number of rotatable bonds is 5. The van der Waals surface area contributed by atoms with E-state index in [0.29, 0.717) is 0 Å². The van der Waals surface area contributed by atoms with E-state index in [-0.39, 0.29) is 11.5 Å². The summed E-state index contributed by atoms with van der Waals surface area (Å²) in [7, 11) is 0. The summed E-state index contributed by atoms with van der Waals surface area (Å²) in [6.45, 7) is 1.68. The molecule has 1 N–H and O–H groups in total. The molecule has 3 heterocycles. The van der Waals surface area contributed by atoms with Crippen molar-refractivity contribution < 1.29 is 4.74 Å². The number of hydrogen-bond acceptors (Lipinski definition) is 5. The standard InChI is InChI=1S/C20H23N5O/c1-2-6-15(7-3-1)20(11-5-12-20)14-21-17-9-10-18-22-23-19(25(18)24-17)16-8-4-13-26-16/h1-3,6-7,9-10,16H,4-5,8,11-14H2,(H,21,24)/t16-/m1/s1. The van der Waals surface area contributed by atoms with Crippen LogP contribution in [0.3, 0.4) is 0 Å². The molecule has 134 valence electrons. The quantitative estimate of drug-likeness (QED) is 0.764. The van der Waals surface area contributed by atoms with Crippen LogP contribution in [-0.4, -0.2) is 33.0 Å². The first kappa shape index (κ1) is 15.8. The molecule has 0 unspecified atom stereocenters. The van der Waals surface area contributed by atoms with E-state index in [1.54, 1.807) is 0 Å². The van der Waals surface area contributed by atoms with Crippen molar-refractivity contribution in [3.63, 3.8) is 0 Å². The average molecular weight is 349 g/mol. The van der Waals surface area contributed by atoms with Crippen LogP contribution in [0, 0.1) is 0 Å². The predicted octanol–water partition coefficient (Wildman–Crippen LogP) is 3.51. The highest BCUT2D eigenvalue weighted by Crippen LogP contribution is 2.43. The highest BCUT2D eigenvalue weighted by molar-refractivity contribution is 5.45. The van der Waals surface area contributed by atoms with Crippen molar-refractivity contribution in [2.24, 2.45) is 0 Å². The summed E-state index contributed by atoms with van der Waals surface area (Å²) in [5.41, 5.74) is 2.41. The summed E-state index contributed by atoms with van der Waals surface area (Å²) in [4.78, 5) is 0. The van der Waals surface area contributed by atoms with E-state index >= 15 is 0 Å². The van der Waals surface area contributed by atoms with Gasteiger partial charge in [-0.15, -0.1) is 15.3 Å². The third-order valence-corrected chi connectivity index (χ3v) is 5.81. The number of nitrogens with one attached hydrogen (secondary N) is 1. The molecule has 3 aromatic rings. The first-order valence-electron chi connectivity index (χ1n) is 9.47. The largest absolute Gasteiger partial charge is 0.370 e. The normalized spacial score (nSPS) is 21.6. The van der Waals surface area contributed by atoms with Crippen LogP contribution in [-0.2, 0) is 10.2 Å². The van der Waals surface area contributed by atoms with Crippen molar-refractivity contribution in [1.29, 1.82) is 0 Å². The lowest BCUT2D eigenvalue weighted by atomic mass is 9.64. The highest BCUT2D eigenvalue weighted by atomic mass is 16.5. The van der Waals surface area contributed by atoms with Gasteiger partial charge in [-0.3, -0.25) is 0 Å². The van der Waals surface area contributed by atoms with Crippen LogP contribution in [0.4, 0.5) is 5.82 Å². The lowest BCUT2D eigenvalue weighted by molar-refractivity contribution is 0.103. The molecule has 0 radical (unpaired) electrons. The zero-order chi connectivity index (χ0) is 17.4. The van der Waals surface area contributed by atoms with Crippen LogP contribution in [0.15, 0.2) is 42.5 Å². The van der Waals surface area contributed by atoms with E-state index < -0.39 is 0 Å². The van der Waals surface area contributed by atoms with E-state index in [4.69, 9.17) is 9.84 Å². The van der Waals surface area contributed by atoms with Gasteiger partial charge in [0.1, 0.15) is 11.9 Å². The zero-order valence-corrected chi connectivity index (χ0v) is 14.8. The molecule has 2 fully saturated rings. The Hall–Kier alpha value is -2.47. The van der Waals surface area contributed by atoms with Crippen molar-refractivity contribution in [2.75, 3.05) is 18.5 Å². The number of hydrogen-bond donors (Lipinski definition) is 1. The predicted molar refractivity (Wildman–Crippen MR) is 99.2 cm³/mol. The maximum absolute atomic E-state index is 5.76. The fraction of sp³-hybridized carbons (Fsp3) is 0.450. The van der Waals surface area contributed by atoms with Gasteiger partial charge in [0.2, 0.25) is 0 Å². The monoisotopic (exact) mass is 349 g/mol. The van der Waals surface area contributed by atoms with Crippen molar-refractivity contribution in [2.45, 2.75) is 43.6 Å². The smallest absolute Gasteiger partial charge is 0.183 e. The minimum Gasteiger partial charge on any atom is -0.370 e. The lowest BCUT2D eigenvalue weighted by Gasteiger charge is -2.42. The number of nitrogens with zero attached hydrogens (tertiary/aromatic N) is 4. The van der Waals surface area contributed by atoms with Gasteiger partial charge in [0, 0.05) is 18.6 Å². The summed E-state index contributed by atoms with van der Waals surface area (Å²) in [6.07, 6.45) is 5.79. The van der Waals surface area contributed by atoms with Crippen LogP contribution in [0.25, 0.3) is 5.65 Å². The fourth-order valence-electron chi connectivity index (χ4n) is 4.10. The van der Waals surface area contributed by atoms with Crippen molar-refractivity contribution >= 4 is 11.5 Å². The number of anilines is 1. The van der Waals surface area contributed by atoms with Gasteiger partial charge in [0.05, 0.1) is 0 Å². The van der Waals surface area contributed by atoms with Gasteiger partial charge < -0.3 is 10.1 Å². The van der Waals surface area contributed by atoms with Crippen molar-refractivity contribution in [3.8, 4) is 0 Å². The van der Waals surface area contributed by atoms with Crippen LogP contribution < -0.4 is 5.32 Å². The minimum atomic E-state index is 0.00930. The SMILES string of the molecule is c1ccc(C2(CNc3ccc4nnc([C@H]5CCCO5)n4n3)CCC2)cc1. The molecule has 1 aliphatic heterocycles. The van der Waals surface area contributed by atoms with E-state index in [0.717, 1.165) is 43.3 Å².